The molecule has 0 bridgehead atoms. The molecule has 3 amide bonds. The van der Waals surface area contributed by atoms with Crippen molar-refractivity contribution in [1.82, 2.24) is 10.6 Å². The first-order chi connectivity index (χ1) is 9.54. The normalized spacial score (nSPS) is 17.4. The molecule has 7 nitrogen and oxygen atoms in total. The number of benzene rings is 1. The Balaban J connectivity index is 1.83. The Morgan fingerprint density at radius 1 is 1.40 bits per heavy atom. The molecule has 4 N–H and O–H groups in total. The van der Waals surface area contributed by atoms with E-state index >= 15 is 0 Å². The van der Waals surface area contributed by atoms with Gasteiger partial charge in [0.15, 0.2) is 0 Å². The lowest BCUT2D eigenvalue weighted by Gasteiger charge is -2.12. The topological polar surface area (TPSA) is 108 Å². The molecule has 20 heavy (non-hydrogen) atoms. The van der Waals surface area contributed by atoms with Crippen LogP contribution in [-0.4, -0.2) is 35.6 Å². The smallest absolute Gasteiger partial charge is 0.335 e. The number of carbonyl (C=O) groups excluding carboxylic acids is 2. The molecule has 0 aromatic heterocycles. The van der Waals surface area contributed by atoms with E-state index in [0.717, 1.165) is 0 Å². The van der Waals surface area contributed by atoms with Crippen LogP contribution in [0, 0.1) is 0 Å². The van der Waals surface area contributed by atoms with Gasteiger partial charge in [-0.2, -0.15) is 0 Å². The predicted molar refractivity (Wildman–Crippen MR) is 71.6 cm³/mol. The van der Waals surface area contributed by atoms with Gasteiger partial charge in [-0.05, 0) is 24.6 Å². The Hall–Kier alpha value is -2.57. The number of hydrogen-bond acceptors (Lipinski definition) is 3. The van der Waals surface area contributed by atoms with Gasteiger partial charge in [0.1, 0.15) is 0 Å². The van der Waals surface area contributed by atoms with Crippen LogP contribution in [0.15, 0.2) is 24.3 Å². The molecule has 7 heteroatoms. The van der Waals surface area contributed by atoms with Crippen LogP contribution in [0.4, 0.5) is 10.5 Å². The molecule has 1 aliphatic rings. The molecule has 1 fully saturated rings. The van der Waals surface area contributed by atoms with Crippen LogP contribution in [0.25, 0.3) is 0 Å². The molecule has 0 spiro atoms. The summed E-state index contributed by atoms with van der Waals surface area (Å²) in [5, 5.41) is 16.8. The molecule has 0 aliphatic carbocycles. The Bertz CT molecular complexity index is 544. The van der Waals surface area contributed by atoms with Crippen molar-refractivity contribution in [1.29, 1.82) is 0 Å². The Morgan fingerprint density at radius 2 is 2.20 bits per heavy atom. The summed E-state index contributed by atoms with van der Waals surface area (Å²) in [5.41, 5.74) is 0.503. The fourth-order valence-electron chi connectivity index (χ4n) is 1.95. The fourth-order valence-corrected chi connectivity index (χ4v) is 1.95. The molecule has 1 aromatic rings. The highest BCUT2D eigenvalue weighted by Crippen LogP contribution is 2.10. The molecular weight excluding hydrogens is 262 g/mol. The summed E-state index contributed by atoms with van der Waals surface area (Å²) < 4.78 is 0. The third-order valence-corrected chi connectivity index (χ3v) is 2.96. The van der Waals surface area contributed by atoms with E-state index in [1.165, 1.54) is 12.1 Å². The molecule has 1 atom stereocenters. The fraction of sp³-hybridized carbons (Fsp3) is 0.308. The average Bonchev–Trinajstić information content (AvgIpc) is 2.82. The van der Waals surface area contributed by atoms with E-state index in [9.17, 15) is 14.4 Å². The number of carboxylic acids is 1. The van der Waals surface area contributed by atoms with Gasteiger partial charge in [0.2, 0.25) is 5.91 Å². The second-order valence-corrected chi connectivity index (χ2v) is 4.52. The monoisotopic (exact) mass is 277 g/mol. The summed E-state index contributed by atoms with van der Waals surface area (Å²) in [6.07, 6.45) is 1.18. The predicted octanol–water partition coefficient (Wildman–Crippen LogP) is 0.785. The van der Waals surface area contributed by atoms with E-state index in [1.54, 1.807) is 12.1 Å². The molecule has 0 saturated carbocycles. The van der Waals surface area contributed by atoms with E-state index in [2.05, 4.69) is 16.0 Å². The number of anilines is 1. The van der Waals surface area contributed by atoms with Gasteiger partial charge in [0.05, 0.1) is 5.56 Å². The molecular formula is C13H15N3O4. The quantitative estimate of drug-likeness (QED) is 0.652. The summed E-state index contributed by atoms with van der Waals surface area (Å²) in [7, 11) is 0. The van der Waals surface area contributed by atoms with Crippen molar-refractivity contribution in [3.63, 3.8) is 0 Å². The van der Waals surface area contributed by atoms with Crippen molar-refractivity contribution >= 4 is 23.6 Å². The number of amides is 3. The molecule has 1 aliphatic heterocycles. The van der Waals surface area contributed by atoms with Crippen LogP contribution >= 0.6 is 0 Å². The summed E-state index contributed by atoms with van der Waals surface area (Å²) in [6.45, 7) is 0.343. The Kier molecular flexibility index (Phi) is 4.19. The van der Waals surface area contributed by atoms with E-state index in [4.69, 9.17) is 5.11 Å². The standard InChI is InChI=1S/C13H15N3O4/c17-11-5-4-10(15-11)7-14-13(20)16-9-3-1-2-8(6-9)12(18)19/h1-3,6,10H,4-5,7H2,(H,15,17)(H,18,19)(H2,14,16,20). The first kappa shape index (κ1) is 13.9. The van der Waals surface area contributed by atoms with Crippen LogP contribution in [0.1, 0.15) is 23.2 Å². The first-order valence-electron chi connectivity index (χ1n) is 6.22. The summed E-state index contributed by atoms with van der Waals surface area (Å²) in [4.78, 5) is 33.4. The van der Waals surface area contributed by atoms with Crippen LogP contribution in [-0.2, 0) is 4.79 Å². The SMILES string of the molecule is O=C1CCC(CNC(=O)Nc2cccc(C(=O)O)c2)N1. The number of carboxylic acid groups (broad SMARTS) is 1. The van der Waals surface area contributed by atoms with Crippen molar-refractivity contribution < 1.29 is 19.5 Å². The second kappa shape index (κ2) is 6.05. The maximum atomic E-state index is 11.6. The zero-order valence-corrected chi connectivity index (χ0v) is 10.7. The van der Waals surface area contributed by atoms with Crippen molar-refractivity contribution in [2.45, 2.75) is 18.9 Å². The largest absolute Gasteiger partial charge is 0.478 e. The van der Waals surface area contributed by atoms with Crippen molar-refractivity contribution in [3.05, 3.63) is 29.8 Å². The zero-order chi connectivity index (χ0) is 14.5. The summed E-state index contributed by atoms with van der Waals surface area (Å²) >= 11 is 0. The summed E-state index contributed by atoms with van der Waals surface area (Å²) in [6, 6.07) is 5.49. The van der Waals surface area contributed by atoms with Crippen LogP contribution in [0.5, 0.6) is 0 Å². The first-order valence-corrected chi connectivity index (χ1v) is 6.22. The van der Waals surface area contributed by atoms with Gasteiger partial charge in [-0.25, -0.2) is 9.59 Å². The maximum Gasteiger partial charge on any atom is 0.335 e. The number of nitrogens with one attached hydrogen (secondary N) is 3. The minimum absolute atomic E-state index is 0.00799. The molecule has 1 heterocycles. The number of urea groups is 1. The minimum Gasteiger partial charge on any atom is -0.478 e. The molecule has 0 radical (unpaired) electrons. The molecule has 106 valence electrons. The Morgan fingerprint density at radius 3 is 2.85 bits per heavy atom. The van der Waals surface area contributed by atoms with Gasteiger partial charge in [-0.3, -0.25) is 4.79 Å². The molecule has 1 aromatic carbocycles. The van der Waals surface area contributed by atoms with Crippen LogP contribution < -0.4 is 16.0 Å². The third-order valence-electron chi connectivity index (χ3n) is 2.96. The van der Waals surface area contributed by atoms with Gasteiger partial charge >= 0.3 is 12.0 Å². The van der Waals surface area contributed by atoms with Gasteiger partial charge in [0, 0.05) is 24.7 Å². The third kappa shape index (κ3) is 3.71. The second-order valence-electron chi connectivity index (χ2n) is 4.52. The number of aromatic carboxylic acids is 1. The minimum atomic E-state index is -1.05. The zero-order valence-electron chi connectivity index (χ0n) is 10.7. The highest BCUT2D eigenvalue weighted by molar-refractivity contribution is 5.93. The highest BCUT2D eigenvalue weighted by atomic mass is 16.4. The van der Waals surface area contributed by atoms with Crippen molar-refractivity contribution in [3.8, 4) is 0 Å². The molecule has 1 unspecified atom stereocenters. The van der Waals surface area contributed by atoms with Crippen LogP contribution in [0.2, 0.25) is 0 Å². The average molecular weight is 277 g/mol. The number of hydrogen-bond donors (Lipinski definition) is 4. The van der Waals surface area contributed by atoms with Gasteiger partial charge in [-0.1, -0.05) is 6.07 Å². The van der Waals surface area contributed by atoms with E-state index in [-0.39, 0.29) is 17.5 Å². The molecule has 2 rings (SSSR count). The van der Waals surface area contributed by atoms with Gasteiger partial charge in [0.25, 0.3) is 0 Å². The summed E-state index contributed by atoms with van der Waals surface area (Å²) in [5.74, 6) is -1.06. The maximum absolute atomic E-state index is 11.6. The lowest BCUT2D eigenvalue weighted by atomic mass is 10.2. The van der Waals surface area contributed by atoms with E-state index < -0.39 is 12.0 Å². The highest BCUT2D eigenvalue weighted by Gasteiger charge is 2.20. The van der Waals surface area contributed by atoms with Gasteiger partial charge in [-0.15, -0.1) is 0 Å². The number of carbonyl (C=O) groups is 3. The van der Waals surface area contributed by atoms with E-state index in [1.807, 2.05) is 0 Å². The van der Waals surface area contributed by atoms with Crippen LogP contribution in [0.3, 0.4) is 0 Å². The molecule has 1 saturated heterocycles. The lowest BCUT2D eigenvalue weighted by molar-refractivity contribution is -0.119. The van der Waals surface area contributed by atoms with Crippen molar-refractivity contribution in [2.75, 3.05) is 11.9 Å². The lowest BCUT2D eigenvalue weighted by Crippen LogP contribution is -2.40. The van der Waals surface area contributed by atoms with Crippen molar-refractivity contribution in [2.24, 2.45) is 0 Å². The van der Waals surface area contributed by atoms with E-state index in [0.29, 0.717) is 25.1 Å². The van der Waals surface area contributed by atoms with Gasteiger partial charge < -0.3 is 21.1 Å². The Labute approximate surface area is 115 Å². The number of rotatable bonds is 4.